The predicted molar refractivity (Wildman–Crippen MR) is 184 cm³/mol. The number of hydrogen-bond donors (Lipinski definition) is 0. The monoisotopic (exact) mass is 632 g/mol. The van der Waals surface area contributed by atoms with Gasteiger partial charge < -0.3 is 0 Å². The summed E-state index contributed by atoms with van der Waals surface area (Å²) in [5.41, 5.74) is 2.28. The van der Waals surface area contributed by atoms with Gasteiger partial charge in [-0.15, -0.1) is 0 Å². The standard InChI is InChI=1S/C42H52F4/c1-3-5-6-7-8-9-10-12-35-25-26-36(40(44)39(35)43)33-21-23-34(24-22-33)38-28-27-37(41(45)42(38)46)32-19-17-31(18-20-32)30-15-13-29(11-4-2)14-16-30/h4,11,21-32H,3,5-10,12-20H2,1-2H3/b11-4+. The van der Waals surface area contributed by atoms with Crippen LogP contribution in [-0.2, 0) is 6.42 Å². The molecular weight excluding hydrogens is 580 g/mol. The molecule has 5 rings (SSSR count). The van der Waals surface area contributed by atoms with Gasteiger partial charge in [-0.05, 0) is 117 Å². The fourth-order valence-corrected chi connectivity index (χ4v) is 8.19. The van der Waals surface area contributed by atoms with Crippen molar-refractivity contribution < 1.29 is 17.6 Å². The Morgan fingerprint density at radius 3 is 1.67 bits per heavy atom. The van der Waals surface area contributed by atoms with Crippen LogP contribution in [0.15, 0.2) is 60.7 Å². The molecule has 4 heteroatoms. The van der Waals surface area contributed by atoms with Crippen LogP contribution >= 0.6 is 0 Å². The van der Waals surface area contributed by atoms with Crippen LogP contribution in [0.4, 0.5) is 17.6 Å². The average Bonchev–Trinajstić information content (AvgIpc) is 3.08. The Labute approximate surface area is 274 Å². The Balaban J connectivity index is 1.18. The van der Waals surface area contributed by atoms with Gasteiger partial charge in [0.15, 0.2) is 23.3 Å². The van der Waals surface area contributed by atoms with Crippen molar-refractivity contribution in [1.29, 1.82) is 0 Å². The van der Waals surface area contributed by atoms with Crippen LogP contribution in [0.1, 0.15) is 127 Å². The van der Waals surface area contributed by atoms with Gasteiger partial charge in [0, 0.05) is 11.1 Å². The van der Waals surface area contributed by atoms with Gasteiger partial charge in [0.1, 0.15) is 0 Å². The lowest BCUT2D eigenvalue weighted by atomic mass is 9.68. The molecule has 0 N–H and O–H groups in total. The average molecular weight is 633 g/mol. The summed E-state index contributed by atoms with van der Waals surface area (Å²) in [7, 11) is 0. The molecule has 248 valence electrons. The van der Waals surface area contributed by atoms with E-state index >= 15 is 13.2 Å². The first kappa shape index (κ1) is 34.5. The van der Waals surface area contributed by atoms with Crippen molar-refractivity contribution in [2.24, 2.45) is 17.8 Å². The molecule has 2 fully saturated rings. The third-order valence-corrected chi connectivity index (χ3v) is 11.0. The van der Waals surface area contributed by atoms with Gasteiger partial charge in [0.2, 0.25) is 0 Å². The Kier molecular flexibility index (Phi) is 12.6. The van der Waals surface area contributed by atoms with E-state index in [1.807, 2.05) is 0 Å². The van der Waals surface area contributed by atoms with E-state index in [1.165, 1.54) is 51.4 Å². The van der Waals surface area contributed by atoms with Gasteiger partial charge >= 0.3 is 0 Å². The summed E-state index contributed by atoms with van der Waals surface area (Å²) in [6.07, 6.45) is 22.0. The molecule has 0 amide bonds. The van der Waals surface area contributed by atoms with Gasteiger partial charge in [-0.2, -0.15) is 0 Å². The third-order valence-electron chi connectivity index (χ3n) is 11.0. The summed E-state index contributed by atoms with van der Waals surface area (Å²) in [6.45, 7) is 4.29. The van der Waals surface area contributed by atoms with E-state index in [0.717, 1.165) is 56.8 Å². The molecule has 0 heterocycles. The molecule has 0 aromatic heterocycles. The van der Waals surface area contributed by atoms with Crippen molar-refractivity contribution in [3.05, 3.63) is 95.1 Å². The fourth-order valence-electron chi connectivity index (χ4n) is 8.19. The zero-order valence-corrected chi connectivity index (χ0v) is 27.9. The van der Waals surface area contributed by atoms with Gasteiger partial charge in [-0.3, -0.25) is 0 Å². The highest BCUT2D eigenvalue weighted by molar-refractivity contribution is 5.71. The second kappa shape index (κ2) is 16.8. The van der Waals surface area contributed by atoms with Gasteiger partial charge in [-0.1, -0.05) is 106 Å². The zero-order chi connectivity index (χ0) is 32.5. The maximum absolute atomic E-state index is 15.5. The molecule has 0 unspecified atom stereocenters. The Morgan fingerprint density at radius 2 is 1.09 bits per heavy atom. The van der Waals surface area contributed by atoms with E-state index < -0.39 is 23.3 Å². The summed E-state index contributed by atoms with van der Waals surface area (Å²) >= 11 is 0. The van der Waals surface area contributed by atoms with E-state index in [2.05, 4.69) is 26.0 Å². The molecule has 0 atom stereocenters. The predicted octanol–water partition coefficient (Wildman–Crippen LogP) is 13.5. The second-order valence-electron chi connectivity index (χ2n) is 14.0. The number of unbranched alkanes of at least 4 members (excludes halogenated alkanes) is 6. The molecule has 0 aliphatic heterocycles. The number of aryl methyl sites for hydroxylation is 1. The van der Waals surface area contributed by atoms with Crippen LogP contribution in [0, 0.1) is 41.0 Å². The highest BCUT2D eigenvalue weighted by Gasteiger charge is 2.32. The largest absolute Gasteiger partial charge is 0.203 e. The van der Waals surface area contributed by atoms with E-state index in [-0.39, 0.29) is 17.0 Å². The summed E-state index contributed by atoms with van der Waals surface area (Å²) < 4.78 is 61.0. The van der Waals surface area contributed by atoms with Gasteiger partial charge in [0.25, 0.3) is 0 Å². The lowest BCUT2D eigenvalue weighted by molar-refractivity contribution is 0.170. The van der Waals surface area contributed by atoms with Crippen LogP contribution in [0.2, 0.25) is 0 Å². The zero-order valence-electron chi connectivity index (χ0n) is 27.9. The van der Waals surface area contributed by atoms with Crippen molar-refractivity contribution >= 4 is 0 Å². The molecule has 3 aromatic rings. The number of halogens is 4. The van der Waals surface area contributed by atoms with Crippen molar-refractivity contribution in [2.75, 3.05) is 0 Å². The molecule has 2 saturated carbocycles. The molecule has 0 saturated heterocycles. The normalized spacial score (nSPS) is 22.0. The molecule has 2 aliphatic carbocycles. The summed E-state index contributed by atoms with van der Waals surface area (Å²) in [6, 6.07) is 13.4. The molecule has 0 bridgehead atoms. The van der Waals surface area contributed by atoms with Crippen LogP contribution in [0.5, 0.6) is 0 Å². The Bertz CT molecular complexity index is 1420. The molecule has 46 heavy (non-hydrogen) atoms. The van der Waals surface area contributed by atoms with E-state index in [9.17, 15) is 4.39 Å². The number of hydrogen-bond acceptors (Lipinski definition) is 0. The Morgan fingerprint density at radius 1 is 0.565 bits per heavy atom. The van der Waals surface area contributed by atoms with E-state index in [4.69, 9.17) is 0 Å². The summed E-state index contributed by atoms with van der Waals surface area (Å²) in [5, 5.41) is 0. The van der Waals surface area contributed by atoms with Crippen LogP contribution < -0.4 is 0 Å². The summed E-state index contributed by atoms with van der Waals surface area (Å²) in [5.74, 6) is -0.978. The SMILES string of the molecule is C/C=C/C1CCC(C2CCC(c3ccc(-c4ccc(-c5ccc(CCCCCCCCC)c(F)c5F)cc4)c(F)c3F)CC2)CC1. The first-order chi connectivity index (χ1) is 22.4. The number of allylic oxidation sites excluding steroid dienone is 2. The van der Waals surface area contributed by atoms with Crippen LogP contribution in [0.3, 0.4) is 0 Å². The van der Waals surface area contributed by atoms with Crippen molar-refractivity contribution in [1.82, 2.24) is 0 Å². The van der Waals surface area contributed by atoms with E-state index in [1.54, 1.807) is 48.5 Å². The fraction of sp³-hybridized carbons (Fsp3) is 0.524. The highest BCUT2D eigenvalue weighted by atomic mass is 19.2. The molecule has 3 aromatic carbocycles. The quantitative estimate of drug-likeness (QED) is 0.0999. The van der Waals surface area contributed by atoms with Crippen LogP contribution in [-0.4, -0.2) is 0 Å². The minimum Gasteiger partial charge on any atom is -0.203 e. The molecule has 0 radical (unpaired) electrons. The summed E-state index contributed by atoms with van der Waals surface area (Å²) in [4.78, 5) is 0. The van der Waals surface area contributed by atoms with Gasteiger partial charge in [-0.25, -0.2) is 17.6 Å². The minimum atomic E-state index is -0.856. The maximum Gasteiger partial charge on any atom is 0.166 e. The lowest BCUT2D eigenvalue weighted by Crippen LogP contribution is -2.25. The number of benzene rings is 3. The molecule has 2 aliphatic rings. The molecule has 0 spiro atoms. The first-order valence-corrected chi connectivity index (χ1v) is 18.1. The van der Waals surface area contributed by atoms with Crippen molar-refractivity contribution in [2.45, 2.75) is 122 Å². The second-order valence-corrected chi connectivity index (χ2v) is 14.0. The van der Waals surface area contributed by atoms with Crippen LogP contribution in [0.25, 0.3) is 22.3 Å². The first-order valence-electron chi connectivity index (χ1n) is 18.1. The van der Waals surface area contributed by atoms with Crippen molar-refractivity contribution in [3.8, 4) is 22.3 Å². The maximum atomic E-state index is 15.5. The topological polar surface area (TPSA) is 0 Å². The van der Waals surface area contributed by atoms with Gasteiger partial charge in [0.05, 0.1) is 0 Å². The molecular formula is C42H52F4. The highest BCUT2D eigenvalue weighted by Crippen LogP contribution is 2.45. The molecule has 0 nitrogen and oxygen atoms in total. The third kappa shape index (κ3) is 8.33. The minimum absolute atomic E-state index is 0.0492. The van der Waals surface area contributed by atoms with Crippen molar-refractivity contribution in [3.63, 3.8) is 0 Å². The Hall–Kier alpha value is -2.88. The lowest BCUT2D eigenvalue weighted by Gasteiger charge is -2.37. The number of rotatable bonds is 13. The van der Waals surface area contributed by atoms with E-state index in [0.29, 0.717) is 34.6 Å². The smallest absolute Gasteiger partial charge is 0.166 e.